The van der Waals surface area contributed by atoms with E-state index < -0.39 is 12.3 Å². The van der Waals surface area contributed by atoms with Gasteiger partial charge in [0.15, 0.2) is 0 Å². The van der Waals surface area contributed by atoms with Gasteiger partial charge in [-0.2, -0.15) is 0 Å². The maximum atomic E-state index is 11.9. The predicted molar refractivity (Wildman–Crippen MR) is 72.7 cm³/mol. The van der Waals surface area contributed by atoms with Crippen LogP contribution >= 0.6 is 12.9 Å². The molecule has 2 atom stereocenters. The summed E-state index contributed by atoms with van der Waals surface area (Å²) >= 11 is 3.80. The molecule has 106 valence electrons. The molecule has 2 N–H and O–H groups in total. The van der Waals surface area contributed by atoms with Crippen molar-refractivity contribution in [3.8, 4) is 5.75 Å². The molecule has 0 spiro atoms. The SMILES string of the molecule is O=C1CCC(N2Cc3c(OS)cccc3C2O)C(=O)N1. The Kier molecular flexibility index (Phi) is 3.41. The van der Waals surface area contributed by atoms with E-state index >= 15 is 0 Å². The summed E-state index contributed by atoms with van der Waals surface area (Å²) in [5.74, 6) is -0.0574. The van der Waals surface area contributed by atoms with Crippen LogP contribution in [0, 0.1) is 0 Å². The Labute approximate surface area is 121 Å². The molecule has 1 aromatic rings. The van der Waals surface area contributed by atoms with Crippen molar-refractivity contribution in [2.75, 3.05) is 0 Å². The van der Waals surface area contributed by atoms with Crippen LogP contribution in [-0.2, 0) is 16.1 Å². The van der Waals surface area contributed by atoms with Crippen LogP contribution in [-0.4, -0.2) is 27.9 Å². The monoisotopic (exact) mass is 294 g/mol. The summed E-state index contributed by atoms with van der Waals surface area (Å²) in [5, 5.41) is 12.7. The van der Waals surface area contributed by atoms with E-state index in [2.05, 4.69) is 18.2 Å². The van der Waals surface area contributed by atoms with Gasteiger partial charge in [0, 0.05) is 37.0 Å². The summed E-state index contributed by atoms with van der Waals surface area (Å²) in [4.78, 5) is 24.8. The van der Waals surface area contributed by atoms with Gasteiger partial charge in [-0.05, 0) is 12.5 Å². The topological polar surface area (TPSA) is 78.9 Å². The summed E-state index contributed by atoms with van der Waals surface area (Å²) < 4.78 is 4.99. The summed E-state index contributed by atoms with van der Waals surface area (Å²) in [7, 11) is 0. The lowest BCUT2D eigenvalue weighted by Crippen LogP contribution is -2.51. The zero-order chi connectivity index (χ0) is 14.3. The first kappa shape index (κ1) is 13.4. The Morgan fingerprint density at radius 3 is 2.90 bits per heavy atom. The molecule has 2 unspecified atom stereocenters. The number of hydrogen-bond donors (Lipinski definition) is 3. The maximum Gasteiger partial charge on any atom is 0.244 e. The van der Waals surface area contributed by atoms with Crippen molar-refractivity contribution in [1.29, 1.82) is 0 Å². The molecule has 2 aliphatic rings. The van der Waals surface area contributed by atoms with Crippen LogP contribution in [0.2, 0.25) is 0 Å². The number of aliphatic hydroxyl groups is 1. The second-order valence-corrected chi connectivity index (χ2v) is 5.11. The number of carbonyl (C=O) groups is 2. The number of nitrogens with zero attached hydrogens (tertiary/aromatic N) is 1. The van der Waals surface area contributed by atoms with Crippen molar-refractivity contribution in [1.82, 2.24) is 10.2 Å². The van der Waals surface area contributed by atoms with Crippen molar-refractivity contribution in [2.45, 2.75) is 31.7 Å². The van der Waals surface area contributed by atoms with Crippen LogP contribution < -0.4 is 9.50 Å². The zero-order valence-electron chi connectivity index (χ0n) is 10.6. The quantitative estimate of drug-likeness (QED) is 0.421. The predicted octanol–water partition coefficient (Wildman–Crippen LogP) is 0.522. The molecule has 2 aliphatic heterocycles. The molecule has 0 radical (unpaired) electrons. The van der Waals surface area contributed by atoms with Crippen LogP contribution in [0.1, 0.15) is 30.2 Å². The fourth-order valence-corrected chi connectivity index (χ4v) is 2.98. The van der Waals surface area contributed by atoms with Crippen LogP contribution in [0.25, 0.3) is 0 Å². The van der Waals surface area contributed by atoms with Gasteiger partial charge in [-0.1, -0.05) is 12.1 Å². The Morgan fingerprint density at radius 1 is 1.40 bits per heavy atom. The molecule has 0 aromatic heterocycles. The Bertz CT molecular complexity index is 577. The van der Waals surface area contributed by atoms with E-state index in [0.717, 1.165) is 5.56 Å². The first-order valence-electron chi connectivity index (χ1n) is 6.32. The van der Waals surface area contributed by atoms with Crippen LogP contribution in [0.15, 0.2) is 18.2 Å². The molecule has 2 heterocycles. The van der Waals surface area contributed by atoms with E-state index in [1.807, 2.05) is 0 Å². The smallest absolute Gasteiger partial charge is 0.244 e. The van der Waals surface area contributed by atoms with Crippen molar-refractivity contribution >= 4 is 24.7 Å². The molecule has 1 aromatic carbocycles. The molecule has 7 heteroatoms. The normalized spacial score (nSPS) is 26.3. The van der Waals surface area contributed by atoms with Gasteiger partial charge in [0.2, 0.25) is 11.8 Å². The minimum Gasteiger partial charge on any atom is -0.429 e. The molecular formula is C13H14N2O4S. The summed E-state index contributed by atoms with van der Waals surface area (Å²) in [6, 6.07) is 4.80. The van der Waals surface area contributed by atoms with E-state index in [0.29, 0.717) is 24.3 Å². The number of hydrogen-bond acceptors (Lipinski definition) is 6. The molecule has 0 bridgehead atoms. The van der Waals surface area contributed by atoms with E-state index in [1.54, 1.807) is 23.1 Å². The van der Waals surface area contributed by atoms with Crippen LogP contribution in [0.4, 0.5) is 0 Å². The number of fused-ring (bicyclic) bond motifs is 1. The number of nitrogens with one attached hydrogen (secondary N) is 1. The minimum absolute atomic E-state index is 0.267. The first-order chi connectivity index (χ1) is 9.61. The average molecular weight is 294 g/mol. The van der Waals surface area contributed by atoms with Gasteiger partial charge in [-0.15, -0.1) is 0 Å². The third kappa shape index (κ3) is 2.07. The summed E-state index contributed by atoms with van der Waals surface area (Å²) in [6.07, 6.45) is -0.184. The Balaban J connectivity index is 1.88. The fraction of sp³-hybridized carbons (Fsp3) is 0.385. The highest BCUT2D eigenvalue weighted by atomic mass is 32.1. The highest BCUT2D eigenvalue weighted by Crippen LogP contribution is 2.39. The number of thiol groups is 1. The molecule has 20 heavy (non-hydrogen) atoms. The second kappa shape index (κ2) is 5.08. The van der Waals surface area contributed by atoms with Gasteiger partial charge in [0.1, 0.15) is 12.0 Å². The van der Waals surface area contributed by atoms with Gasteiger partial charge in [-0.25, -0.2) is 0 Å². The molecule has 6 nitrogen and oxygen atoms in total. The Hall–Kier alpha value is -1.57. The first-order valence-corrected chi connectivity index (χ1v) is 6.69. The number of rotatable bonds is 2. The van der Waals surface area contributed by atoms with Crippen LogP contribution in [0.5, 0.6) is 5.75 Å². The van der Waals surface area contributed by atoms with Gasteiger partial charge in [0.05, 0.1) is 6.04 Å². The Morgan fingerprint density at radius 2 is 2.20 bits per heavy atom. The highest BCUT2D eigenvalue weighted by Gasteiger charge is 2.40. The zero-order valence-corrected chi connectivity index (χ0v) is 11.5. The number of piperidine rings is 1. The van der Waals surface area contributed by atoms with Gasteiger partial charge >= 0.3 is 0 Å². The van der Waals surface area contributed by atoms with Gasteiger partial charge in [-0.3, -0.25) is 19.8 Å². The lowest BCUT2D eigenvalue weighted by Gasteiger charge is -2.31. The van der Waals surface area contributed by atoms with Crippen molar-refractivity contribution in [3.05, 3.63) is 29.3 Å². The second-order valence-electron chi connectivity index (χ2n) is 4.93. The largest absolute Gasteiger partial charge is 0.429 e. The molecule has 2 amide bonds. The van der Waals surface area contributed by atoms with E-state index in [-0.39, 0.29) is 18.2 Å². The highest BCUT2D eigenvalue weighted by molar-refractivity contribution is 7.75. The fourth-order valence-electron chi connectivity index (χ4n) is 2.81. The van der Waals surface area contributed by atoms with Gasteiger partial charge in [0.25, 0.3) is 0 Å². The molecule has 0 aliphatic carbocycles. The van der Waals surface area contributed by atoms with E-state index in [4.69, 9.17) is 4.18 Å². The summed E-state index contributed by atoms with van der Waals surface area (Å²) in [5.41, 5.74) is 1.53. The third-order valence-electron chi connectivity index (χ3n) is 3.81. The van der Waals surface area contributed by atoms with Crippen LogP contribution in [0.3, 0.4) is 0 Å². The number of carbonyl (C=O) groups excluding carboxylic acids is 2. The number of amides is 2. The molecule has 1 fully saturated rings. The lowest BCUT2D eigenvalue weighted by molar-refractivity contribution is -0.141. The van der Waals surface area contributed by atoms with Crippen molar-refractivity contribution < 1.29 is 18.9 Å². The molecular weight excluding hydrogens is 280 g/mol. The maximum absolute atomic E-state index is 11.9. The molecule has 1 saturated heterocycles. The number of benzene rings is 1. The molecule has 0 saturated carbocycles. The van der Waals surface area contributed by atoms with Crippen molar-refractivity contribution in [2.24, 2.45) is 0 Å². The number of imide groups is 1. The van der Waals surface area contributed by atoms with E-state index in [1.165, 1.54) is 0 Å². The average Bonchev–Trinajstić information content (AvgIpc) is 2.76. The molecule has 3 rings (SSSR count). The van der Waals surface area contributed by atoms with E-state index in [9.17, 15) is 14.7 Å². The standard InChI is InChI=1S/C13H14N2O4S/c16-11-5-4-9(12(17)14-11)15-6-8-7(13(15)18)2-1-3-10(8)19-20/h1-3,9,13,18,20H,4-6H2,(H,14,16,17). The lowest BCUT2D eigenvalue weighted by atomic mass is 10.0. The minimum atomic E-state index is -0.877. The summed E-state index contributed by atoms with van der Waals surface area (Å²) in [6.45, 7) is 0.388. The third-order valence-corrected chi connectivity index (χ3v) is 4.01. The van der Waals surface area contributed by atoms with Crippen molar-refractivity contribution in [3.63, 3.8) is 0 Å². The number of aliphatic hydroxyl groups excluding tert-OH is 1. The van der Waals surface area contributed by atoms with Gasteiger partial charge < -0.3 is 9.29 Å².